The molecule has 0 aliphatic heterocycles. The van der Waals surface area contributed by atoms with E-state index < -0.39 is 10.0 Å². The largest absolute Gasteiger partial charge is 0.399 e. The van der Waals surface area contributed by atoms with Crippen molar-refractivity contribution in [1.29, 1.82) is 0 Å². The van der Waals surface area contributed by atoms with Gasteiger partial charge in [-0.25, -0.2) is 8.42 Å². The number of benzene rings is 2. The summed E-state index contributed by atoms with van der Waals surface area (Å²) in [5.74, 6) is 2.45. The molecule has 96 valence electrons. The lowest BCUT2D eigenvalue weighted by Crippen LogP contribution is -2.13. The maximum Gasteiger partial charge on any atom is 0.261 e. The number of sulfonamides is 1. The highest BCUT2D eigenvalue weighted by atomic mass is 32.2. The molecule has 5 heteroatoms. The van der Waals surface area contributed by atoms with Crippen LogP contribution in [0.25, 0.3) is 0 Å². The number of rotatable bonds is 3. The van der Waals surface area contributed by atoms with E-state index in [2.05, 4.69) is 10.6 Å². The third-order valence-electron chi connectivity index (χ3n) is 2.45. The number of terminal acetylenes is 1. The predicted octanol–water partition coefficient (Wildman–Crippen LogP) is 2.05. The zero-order valence-electron chi connectivity index (χ0n) is 10.00. The minimum atomic E-state index is -3.66. The van der Waals surface area contributed by atoms with Crippen LogP contribution in [0.5, 0.6) is 0 Å². The van der Waals surface area contributed by atoms with E-state index in [1.165, 1.54) is 12.1 Å². The summed E-state index contributed by atoms with van der Waals surface area (Å²) in [5.41, 5.74) is 6.98. The third kappa shape index (κ3) is 3.06. The highest BCUT2D eigenvalue weighted by Gasteiger charge is 2.14. The van der Waals surface area contributed by atoms with Gasteiger partial charge in [-0.2, -0.15) is 0 Å². The van der Waals surface area contributed by atoms with Gasteiger partial charge in [0.2, 0.25) is 0 Å². The van der Waals surface area contributed by atoms with Crippen LogP contribution in [0, 0.1) is 12.3 Å². The minimum Gasteiger partial charge on any atom is -0.399 e. The molecule has 2 aromatic rings. The molecule has 0 unspecified atom stereocenters. The van der Waals surface area contributed by atoms with Gasteiger partial charge < -0.3 is 5.73 Å². The lowest BCUT2D eigenvalue weighted by atomic mass is 10.2. The maximum absolute atomic E-state index is 12.1. The van der Waals surface area contributed by atoms with Crippen LogP contribution in [0.3, 0.4) is 0 Å². The molecule has 0 amide bonds. The molecule has 0 aliphatic rings. The van der Waals surface area contributed by atoms with E-state index >= 15 is 0 Å². The normalized spacial score (nSPS) is 10.7. The predicted molar refractivity (Wildman–Crippen MR) is 76.0 cm³/mol. The van der Waals surface area contributed by atoms with E-state index in [1.54, 1.807) is 36.4 Å². The Hall–Kier alpha value is -2.45. The van der Waals surface area contributed by atoms with Crippen LogP contribution in [-0.2, 0) is 10.0 Å². The average Bonchev–Trinajstić information content (AvgIpc) is 2.38. The Morgan fingerprint density at radius 2 is 1.84 bits per heavy atom. The smallest absolute Gasteiger partial charge is 0.261 e. The van der Waals surface area contributed by atoms with Gasteiger partial charge in [0.15, 0.2) is 0 Å². The molecule has 3 N–H and O–H groups in total. The first kappa shape index (κ1) is 13.0. The maximum atomic E-state index is 12.1. The lowest BCUT2D eigenvalue weighted by molar-refractivity contribution is 0.601. The SMILES string of the molecule is C#Cc1cccc(NS(=O)(=O)c2cccc(N)c2)c1. The molecule has 0 spiro atoms. The zero-order chi connectivity index (χ0) is 13.9. The Bertz CT molecular complexity index is 746. The van der Waals surface area contributed by atoms with Crippen molar-refractivity contribution in [2.45, 2.75) is 4.90 Å². The number of nitrogens with one attached hydrogen (secondary N) is 1. The standard InChI is InChI=1S/C14H12N2O2S/c1-2-11-5-3-7-13(9-11)16-19(17,18)14-8-4-6-12(15)10-14/h1,3-10,16H,15H2. The van der Waals surface area contributed by atoms with Crippen LogP contribution in [-0.4, -0.2) is 8.42 Å². The highest BCUT2D eigenvalue weighted by molar-refractivity contribution is 7.92. The molecule has 0 aromatic heterocycles. The van der Waals surface area contributed by atoms with Crippen LogP contribution in [0.1, 0.15) is 5.56 Å². The van der Waals surface area contributed by atoms with Crippen molar-refractivity contribution >= 4 is 21.4 Å². The van der Waals surface area contributed by atoms with E-state index in [4.69, 9.17) is 12.2 Å². The molecule has 0 bridgehead atoms. The van der Waals surface area contributed by atoms with E-state index in [0.29, 0.717) is 16.9 Å². The first-order valence-corrected chi connectivity index (χ1v) is 6.94. The van der Waals surface area contributed by atoms with E-state index in [1.807, 2.05) is 0 Å². The number of hydrogen-bond donors (Lipinski definition) is 2. The van der Waals surface area contributed by atoms with Crippen LogP contribution in [0.15, 0.2) is 53.4 Å². The van der Waals surface area contributed by atoms with Crippen LogP contribution >= 0.6 is 0 Å². The molecule has 0 heterocycles. The van der Waals surface area contributed by atoms with Gasteiger partial charge in [0.25, 0.3) is 10.0 Å². The Morgan fingerprint density at radius 1 is 1.11 bits per heavy atom. The molecule has 2 rings (SSSR count). The molecular weight excluding hydrogens is 260 g/mol. The monoisotopic (exact) mass is 272 g/mol. The van der Waals surface area contributed by atoms with E-state index in [9.17, 15) is 8.42 Å². The molecule has 0 atom stereocenters. The summed E-state index contributed by atoms with van der Waals surface area (Å²) in [6.45, 7) is 0. The molecule has 0 aliphatic carbocycles. The molecule has 4 nitrogen and oxygen atoms in total. The number of nitrogens with two attached hydrogens (primary N) is 1. The van der Waals surface area contributed by atoms with Gasteiger partial charge in [-0.3, -0.25) is 4.72 Å². The van der Waals surface area contributed by atoms with Crippen molar-refractivity contribution in [3.63, 3.8) is 0 Å². The van der Waals surface area contributed by atoms with Gasteiger partial charge in [0.05, 0.1) is 10.6 Å². The third-order valence-corrected chi connectivity index (χ3v) is 3.83. The Kier molecular flexibility index (Phi) is 3.45. The lowest BCUT2D eigenvalue weighted by Gasteiger charge is -2.08. The van der Waals surface area contributed by atoms with Crippen molar-refractivity contribution in [3.05, 3.63) is 54.1 Å². The second kappa shape index (κ2) is 5.04. The van der Waals surface area contributed by atoms with Crippen LogP contribution < -0.4 is 10.5 Å². The van der Waals surface area contributed by atoms with Crippen LogP contribution in [0.2, 0.25) is 0 Å². The summed E-state index contributed by atoms with van der Waals surface area (Å²) in [7, 11) is -3.66. The fourth-order valence-electron chi connectivity index (χ4n) is 1.57. The molecular formula is C14H12N2O2S. The van der Waals surface area contributed by atoms with Gasteiger partial charge >= 0.3 is 0 Å². The molecule has 0 radical (unpaired) electrons. The second-order valence-electron chi connectivity index (χ2n) is 3.90. The van der Waals surface area contributed by atoms with Crippen molar-refractivity contribution in [2.24, 2.45) is 0 Å². The summed E-state index contributed by atoms with van der Waals surface area (Å²) >= 11 is 0. The summed E-state index contributed by atoms with van der Waals surface area (Å²) in [4.78, 5) is 0.110. The Morgan fingerprint density at radius 3 is 2.53 bits per heavy atom. The molecule has 2 aromatic carbocycles. The molecule has 0 saturated heterocycles. The van der Waals surface area contributed by atoms with Crippen molar-refractivity contribution in [3.8, 4) is 12.3 Å². The fourth-order valence-corrected chi connectivity index (χ4v) is 2.67. The van der Waals surface area contributed by atoms with Gasteiger partial charge in [0.1, 0.15) is 0 Å². The quantitative estimate of drug-likeness (QED) is 0.663. The highest BCUT2D eigenvalue weighted by Crippen LogP contribution is 2.18. The Labute approximate surface area is 112 Å². The second-order valence-corrected chi connectivity index (χ2v) is 5.59. The number of hydrogen-bond acceptors (Lipinski definition) is 3. The van der Waals surface area contributed by atoms with E-state index in [-0.39, 0.29) is 4.90 Å². The topological polar surface area (TPSA) is 72.2 Å². The van der Waals surface area contributed by atoms with Gasteiger partial charge in [-0.15, -0.1) is 6.42 Å². The average molecular weight is 272 g/mol. The summed E-state index contributed by atoms with van der Waals surface area (Å²) in [6.07, 6.45) is 5.27. The van der Waals surface area contributed by atoms with Crippen molar-refractivity contribution in [2.75, 3.05) is 10.5 Å². The van der Waals surface area contributed by atoms with Gasteiger partial charge in [-0.1, -0.05) is 18.1 Å². The molecule has 0 fully saturated rings. The first-order chi connectivity index (χ1) is 9.01. The number of nitrogen functional groups attached to an aromatic ring is 1. The molecule has 0 saturated carbocycles. The minimum absolute atomic E-state index is 0.110. The zero-order valence-corrected chi connectivity index (χ0v) is 10.8. The molecule has 19 heavy (non-hydrogen) atoms. The van der Waals surface area contributed by atoms with Crippen LogP contribution in [0.4, 0.5) is 11.4 Å². The van der Waals surface area contributed by atoms with E-state index in [0.717, 1.165) is 0 Å². The van der Waals surface area contributed by atoms with Gasteiger partial charge in [-0.05, 0) is 36.4 Å². The first-order valence-electron chi connectivity index (χ1n) is 5.46. The Balaban J connectivity index is 2.34. The fraction of sp³-hybridized carbons (Fsp3) is 0. The summed E-state index contributed by atoms with van der Waals surface area (Å²) < 4.78 is 26.7. The number of anilines is 2. The van der Waals surface area contributed by atoms with Crippen molar-refractivity contribution in [1.82, 2.24) is 0 Å². The van der Waals surface area contributed by atoms with Crippen molar-refractivity contribution < 1.29 is 8.42 Å². The van der Waals surface area contributed by atoms with Gasteiger partial charge in [0, 0.05) is 11.3 Å². The summed E-state index contributed by atoms with van der Waals surface area (Å²) in [5, 5.41) is 0. The summed E-state index contributed by atoms with van der Waals surface area (Å²) in [6, 6.07) is 12.7.